The Labute approximate surface area is 117 Å². The summed E-state index contributed by atoms with van der Waals surface area (Å²) in [5.41, 5.74) is 0. The minimum absolute atomic E-state index is 0.153. The molecule has 3 heteroatoms. The molecule has 0 aromatic rings. The van der Waals surface area contributed by atoms with Crippen molar-refractivity contribution in [2.45, 2.75) is 64.8 Å². The summed E-state index contributed by atoms with van der Waals surface area (Å²) in [7, 11) is 0. The van der Waals surface area contributed by atoms with Crippen molar-refractivity contribution in [2.24, 2.45) is 17.8 Å². The second-order valence-electron chi connectivity index (χ2n) is 6.63. The maximum atomic E-state index is 11.3. The molecule has 0 radical (unpaired) electrons. The molecule has 1 saturated heterocycles. The van der Waals surface area contributed by atoms with Crippen molar-refractivity contribution in [3.63, 3.8) is 0 Å². The van der Waals surface area contributed by atoms with E-state index in [-0.39, 0.29) is 12.0 Å². The number of likely N-dealkylation sites (tertiary alicyclic amines) is 1. The summed E-state index contributed by atoms with van der Waals surface area (Å²) in [6, 6.07) is 0.216. The highest BCUT2D eigenvalue weighted by atomic mass is 16.4. The average molecular weight is 267 g/mol. The standard InChI is InChI=1S/C16H29NO2/c1-3-13-6-4-7-14(10-13)11-17-9-5-8-15(12(17)2)16(18)19/h12-15H,3-11H2,1-2H3,(H,18,19)/t12-,13?,14?,15-/m0/s1. The van der Waals surface area contributed by atoms with Crippen LogP contribution in [0.25, 0.3) is 0 Å². The molecule has 1 N–H and O–H groups in total. The normalized spacial score (nSPS) is 37.2. The number of nitrogens with zero attached hydrogens (tertiary/aromatic N) is 1. The Kier molecular flexibility index (Phi) is 5.26. The van der Waals surface area contributed by atoms with Gasteiger partial charge in [-0.2, -0.15) is 0 Å². The first-order valence-corrected chi connectivity index (χ1v) is 8.08. The van der Waals surface area contributed by atoms with E-state index in [0.29, 0.717) is 0 Å². The topological polar surface area (TPSA) is 40.5 Å². The lowest BCUT2D eigenvalue weighted by Gasteiger charge is -2.41. The SMILES string of the molecule is CCC1CCCC(CN2CCC[C@H](C(=O)O)[C@@H]2C)C1. The van der Waals surface area contributed by atoms with Crippen LogP contribution in [0.4, 0.5) is 0 Å². The molecule has 4 atom stereocenters. The fourth-order valence-corrected chi connectivity index (χ4v) is 4.07. The zero-order valence-electron chi connectivity index (χ0n) is 12.5. The van der Waals surface area contributed by atoms with E-state index in [1.54, 1.807) is 0 Å². The summed E-state index contributed by atoms with van der Waals surface area (Å²) < 4.78 is 0. The molecule has 110 valence electrons. The quantitative estimate of drug-likeness (QED) is 0.849. The molecule has 2 rings (SSSR count). The van der Waals surface area contributed by atoms with Gasteiger partial charge in [0, 0.05) is 12.6 Å². The third-order valence-electron chi connectivity index (χ3n) is 5.40. The van der Waals surface area contributed by atoms with Crippen molar-refractivity contribution in [3.05, 3.63) is 0 Å². The van der Waals surface area contributed by atoms with E-state index in [2.05, 4.69) is 18.7 Å². The highest BCUT2D eigenvalue weighted by molar-refractivity contribution is 5.70. The van der Waals surface area contributed by atoms with Crippen molar-refractivity contribution < 1.29 is 9.90 Å². The van der Waals surface area contributed by atoms with Crippen molar-refractivity contribution in [3.8, 4) is 0 Å². The molecule has 3 nitrogen and oxygen atoms in total. The summed E-state index contributed by atoms with van der Waals surface area (Å²) in [6.45, 7) is 6.63. The van der Waals surface area contributed by atoms with Gasteiger partial charge < -0.3 is 5.11 Å². The first-order valence-electron chi connectivity index (χ1n) is 8.08. The molecule has 0 bridgehead atoms. The summed E-state index contributed by atoms with van der Waals surface area (Å²) in [4.78, 5) is 13.7. The molecule has 2 unspecified atom stereocenters. The summed E-state index contributed by atoms with van der Waals surface area (Å²) >= 11 is 0. The van der Waals surface area contributed by atoms with Crippen molar-refractivity contribution in [1.29, 1.82) is 0 Å². The second-order valence-corrected chi connectivity index (χ2v) is 6.63. The lowest BCUT2D eigenvalue weighted by Crippen LogP contribution is -2.48. The summed E-state index contributed by atoms with van der Waals surface area (Å²) in [6.07, 6.45) is 8.69. The molecule has 1 saturated carbocycles. The molecule has 2 aliphatic rings. The first-order chi connectivity index (χ1) is 9.11. The Balaban J connectivity index is 1.89. The molecule has 0 aromatic carbocycles. The van der Waals surface area contributed by atoms with Gasteiger partial charge in [0.2, 0.25) is 0 Å². The lowest BCUT2D eigenvalue weighted by atomic mass is 9.79. The zero-order valence-corrected chi connectivity index (χ0v) is 12.5. The van der Waals surface area contributed by atoms with E-state index in [9.17, 15) is 9.90 Å². The number of rotatable bonds is 4. The van der Waals surface area contributed by atoms with Gasteiger partial charge in [-0.25, -0.2) is 0 Å². The first kappa shape index (κ1) is 14.8. The number of hydrogen-bond donors (Lipinski definition) is 1. The van der Waals surface area contributed by atoms with E-state index in [1.165, 1.54) is 32.1 Å². The van der Waals surface area contributed by atoms with Crippen molar-refractivity contribution in [2.75, 3.05) is 13.1 Å². The monoisotopic (exact) mass is 267 g/mol. The Morgan fingerprint density at radius 1 is 1.21 bits per heavy atom. The fourth-order valence-electron chi connectivity index (χ4n) is 4.07. The van der Waals surface area contributed by atoms with Crippen LogP contribution in [0.1, 0.15) is 58.8 Å². The summed E-state index contributed by atoms with van der Waals surface area (Å²) in [5, 5.41) is 9.29. The molecule has 0 aromatic heterocycles. The minimum atomic E-state index is -0.604. The van der Waals surface area contributed by atoms with E-state index >= 15 is 0 Å². The largest absolute Gasteiger partial charge is 0.481 e. The van der Waals surface area contributed by atoms with Crippen LogP contribution in [0.15, 0.2) is 0 Å². The molecule has 0 amide bonds. The molecule has 1 aliphatic heterocycles. The van der Waals surface area contributed by atoms with Gasteiger partial charge in [-0.15, -0.1) is 0 Å². The van der Waals surface area contributed by atoms with Gasteiger partial charge in [0.15, 0.2) is 0 Å². The van der Waals surface area contributed by atoms with E-state index in [0.717, 1.165) is 37.8 Å². The van der Waals surface area contributed by atoms with Crippen molar-refractivity contribution >= 4 is 5.97 Å². The van der Waals surface area contributed by atoms with E-state index < -0.39 is 5.97 Å². The number of carbonyl (C=O) groups is 1. The van der Waals surface area contributed by atoms with E-state index in [4.69, 9.17) is 0 Å². The number of carboxylic acid groups (broad SMARTS) is 1. The van der Waals surface area contributed by atoms with Crippen LogP contribution in [-0.2, 0) is 4.79 Å². The maximum absolute atomic E-state index is 11.3. The maximum Gasteiger partial charge on any atom is 0.308 e. The van der Waals surface area contributed by atoms with Gasteiger partial charge in [0.1, 0.15) is 0 Å². The second kappa shape index (κ2) is 6.74. The smallest absolute Gasteiger partial charge is 0.308 e. The molecule has 2 fully saturated rings. The summed E-state index contributed by atoms with van der Waals surface area (Å²) in [5.74, 6) is 0.953. The predicted molar refractivity (Wildman–Crippen MR) is 77.1 cm³/mol. The van der Waals surface area contributed by atoms with Gasteiger partial charge >= 0.3 is 5.97 Å². The third kappa shape index (κ3) is 3.71. The van der Waals surface area contributed by atoms with Crippen LogP contribution >= 0.6 is 0 Å². The molecule has 19 heavy (non-hydrogen) atoms. The van der Waals surface area contributed by atoms with Gasteiger partial charge in [-0.1, -0.05) is 26.2 Å². The Hall–Kier alpha value is -0.570. The van der Waals surface area contributed by atoms with Crippen LogP contribution < -0.4 is 0 Å². The number of aliphatic carboxylic acids is 1. The molecule has 0 spiro atoms. The van der Waals surface area contributed by atoms with Gasteiger partial charge in [0.05, 0.1) is 5.92 Å². The number of carboxylic acids is 1. The lowest BCUT2D eigenvalue weighted by molar-refractivity contribution is -0.145. The fraction of sp³-hybridized carbons (Fsp3) is 0.938. The van der Waals surface area contributed by atoms with Crippen LogP contribution in [0.5, 0.6) is 0 Å². The van der Waals surface area contributed by atoms with E-state index in [1.807, 2.05) is 0 Å². The van der Waals surface area contributed by atoms with Crippen LogP contribution in [0.3, 0.4) is 0 Å². The molecule has 1 aliphatic carbocycles. The molecular weight excluding hydrogens is 238 g/mol. The molecule has 1 heterocycles. The number of hydrogen-bond acceptors (Lipinski definition) is 2. The average Bonchev–Trinajstić information content (AvgIpc) is 2.41. The Morgan fingerprint density at radius 3 is 2.63 bits per heavy atom. The van der Waals surface area contributed by atoms with Gasteiger partial charge in [-0.05, 0) is 51.0 Å². The Morgan fingerprint density at radius 2 is 1.95 bits per heavy atom. The van der Waals surface area contributed by atoms with Crippen LogP contribution in [0.2, 0.25) is 0 Å². The van der Waals surface area contributed by atoms with Gasteiger partial charge in [-0.3, -0.25) is 9.69 Å². The number of piperidine rings is 1. The minimum Gasteiger partial charge on any atom is -0.481 e. The van der Waals surface area contributed by atoms with Crippen molar-refractivity contribution in [1.82, 2.24) is 4.90 Å². The predicted octanol–water partition coefficient (Wildman–Crippen LogP) is 3.39. The third-order valence-corrected chi connectivity index (χ3v) is 5.40. The molecular formula is C16H29NO2. The highest BCUT2D eigenvalue weighted by Gasteiger charge is 2.34. The van der Waals surface area contributed by atoms with Gasteiger partial charge in [0.25, 0.3) is 0 Å². The van der Waals surface area contributed by atoms with Crippen LogP contribution in [0, 0.1) is 17.8 Å². The van der Waals surface area contributed by atoms with Crippen LogP contribution in [-0.4, -0.2) is 35.1 Å². The zero-order chi connectivity index (χ0) is 13.8. The Bertz CT molecular complexity index is 305. The highest BCUT2D eigenvalue weighted by Crippen LogP contribution is 2.33.